The maximum absolute atomic E-state index is 12.9. The maximum Gasteiger partial charge on any atom is 0.237 e. The van der Waals surface area contributed by atoms with E-state index in [9.17, 15) is 9.59 Å². The van der Waals surface area contributed by atoms with Crippen molar-refractivity contribution in [1.29, 1.82) is 5.26 Å². The molecule has 1 aromatic heterocycles. The van der Waals surface area contributed by atoms with Crippen molar-refractivity contribution < 1.29 is 9.59 Å². The third kappa shape index (κ3) is 7.97. The average Bonchev–Trinajstić information content (AvgIpc) is 3.16. The summed E-state index contributed by atoms with van der Waals surface area (Å²) in [7, 11) is 0. The number of aryl methyl sites for hydroxylation is 2. The minimum Gasteiger partial charge on any atom is -0.355 e. The molecule has 1 heterocycles. The van der Waals surface area contributed by atoms with E-state index in [0.717, 1.165) is 23.2 Å². The van der Waals surface area contributed by atoms with Gasteiger partial charge in [0.2, 0.25) is 11.8 Å². The highest BCUT2D eigenvalue weighted by molar-refractivity contribution is 8.03. The number of rotatable bonds is 11. The molecule has 2 amide bonds. The van der Waals surface area contributed by atoms with Gasteiger partial charge < -0.3 is 10.2 Å². The fourth-order valence-corrected chi connectivity index (χ4v) is 5.35. The lowest BCUT2D eigenvalue weighted by Gasteiger charge is -2.22. The quantitative estimate of drug-likeness (QED) is 0.506. The molecular formula is C20H25N5O2S3. The first-order valence-corrected chi connectivity index (χ1v) is 12.3. The number of hydrogen-bond donors (Lipinski definition) is 1. The highest BCUT2D eigenvalue weighted by Crippen LogP contribution is 2.29. The first-order chi connectivity index (χ1) is 14.4. The van der Waals surface area contributed by atoms with Crippen molar-refractivity contribution in [3.05, 3.63) is 29.3 Å². The minimum atomic E-state index is -0.0800. The smallest absolute Gasteiger partial charge is 0.237 e. The third-order valence-electron chi connectivity index (χ3n) is 3.87. The summed E-state index contributed by atoms with van der Waals surface area (Å²) in [6.07, 6.45) is 1.17. The van der Waals surface area contributed by atoms with Crippen LogP contribution in [0.3, 0.4) is 0 Å². The lowest BCUT2D eigenvalue weighted by molar-refractivity contribution is -0.118. The van der Waals surface area contributed by atoms with E-state index in [0.29, 0.717) is 27.5 Å². The molecule has 1 N–H and O–H groups in total. The maximum atomic E-state index is 12.9. The summed E-state index contributed by atoms with van der Waals surface area (Å²) in [6, 6.07) is 8.07. The molecule has 0 spiro atoms. The fraction of sp³-hybridized carbons (Fsp3) is 0.450. The zero-order valence-electron chi connectivity index (χ0n) is 17.3. The molecule has 0 fully saturated rings. The van der Waals surface area contributed by atoms with Crippen molar-refractivity contribution in [1.82, 2.24) is 15.5 Å². The molecule has 0 aliphatic carbocycles. The summed E-state index contributed by atoms with van der Waals surface area (Å²) in [4.78, 5) is 26.2. The number of benzene rings is 1. The van der Waals surface area contributed by atoms with Crippen LogP contribution in [0.15, 0.2) is 26.9 Å². The van der Waals surface area contributed by atoms with Crippen molar-refractivity contribution in [3.8, 4) is 6.07 Å². The Hall–Kier alpha value is -2.09. The molecule has 0 aliphatic heterocycles. The lowest BCUT2D eigenvalue weighted by atomic mass is 10.1. The minimum absolute atomic E-state index is 0.0250. The van der Waals surface area contributed by atoms with Crippen molar-refractivity contribution in [3.63, 3.8) is 0 Å². The Morgan fingerprint density at radius 1 is 1.13 bits per heavy atom. The predicted octanol–water partition coefficient (Wildman–Crippen LogP) is 3.81. The number of amides is 2. The summed E-state index contributed by atoms with van der Waals surface area (Å²) >= 11 is 4.03. The molecule has 10 heteroatoms. The number of carbonyl (C=O) groups is 2. The molecule has 160 valence electrons. The summed E-state index contributed by atoms with van der Waals surface area (Å²) in [6.45, 7) is 7.00. The van der Waals surface area contributed by atoms with Gasteiger partial charge in [0.15, 0.2) is 8.68 Å². The average molecular weight is 464 g/mol. The molecule has 0 bridgehead atoms. The topological polar surface area (TPSA) is 99.0 Å². The van der Waals surface area contributed by atoms with Crippen LogP contribution in [0.5, 0.6) is 0 Å². The zero-order valence-corrected chi connectivity index (χ0v) is 19.8. The summed E-state index contributed by atoms with van der Waals surface area (Å²) in [5.74, 6) is 0.397. The van der Waals surface area contributed by atoms with Gasteiger partial charge in [-0.1, -0.05) is 47.9 Å². The van der Waals surface area contributed by atoms with Crippen molar-refractivity contribution in [2.45, 2.75) is 42.3 Å². The van der Waals surface area contributed by atoms with Gasteiger partial charge in [0.1, 0.15) is 0 Å². The van der Waals surface area contributed by atoms with Gasteiger partial charge in [0, 0.05) is 18.8 Å². The van der Waals surface area contributed by atoms with Crippen LogP contribution < -0.4 is 10.2 Å². The predicted molar refractivity (Wildman–Crippen MR) is 123 cm³/mol. The number of nitrogens with one attached hydrogen (secondary N) is 1. The van der Waals surface area contributed by atoms with Gasteiger partial charge in [-0.25, -0.2) is 0 Å². The Labute approximate surface area is 189 Å². The Kier molecular flexibility index (Phi) is 10.1. The van der Waals surface area contributed by atoms with Crippen molar-refractivity contribution >= 4 is 52.4 Å². The molecule has 30 heavy (non-hydrogen) atoms. The summed E-state index contributed by atoms with van der Waals surface area (Å²) in [5, 5.41) is 20.0. The second-order valence-electron chi connectivity index (χ2n) is 6.56. The largest absolute Gasteiger partial charge is 0.355 e. The van der Waals surface area contributed by atoms with Gasteiger partial charge >= 0.3 is 0 Å². The second kappa shape index (κ2) is 12.6. The normalized spacial score (nSPS) is 10.5. The van der Waals surface area contributed by atoms with Gasteiger partial charge in [0.25, 0.3) is 0 Å². The first kappa shape index (κ1) is 24.2. The van der Waals surface area contributed by atoms with E-state index in [-0.39, 0.29) is 24.0 Å². The molecule has 0 aliphatic rings. The molecule has 0 saturated carbocycles. The van der Waals surface area contributed by atoms with E-state index in [2.05, 4.69) is 21.6 Å². The van der Waals surface area contributed by atoms with Crippen LogP contribution in [0.4, 0.5) is 5.69 Å². The monoisotopic (exact) mass is 463 g/mol. The third-order valence-corrected chi connectivity index (χ3v) is 7.05. The highest BCUT2D eigenvalue weighted by Gasteiger charge is 2.18. The van der Waals surface area contributed by atoms with Crippen LogP contribution in [0, 0.1) is 25.2 Å². The SMILES string of the molecule is CCCNC(=O)CSc1nnc(SCC(=O)N(CCC#N)c2cc(C)cc(C)c2)s1. The van der Waals surface area contributed by atoms with Crippen molar-refractivity contribution in [2.24, 2.45) is 0 Å². The molecule has 0 saturated heterocycles. The number of anilines is 1. The van der Waals surface area contributed by atoms with Gasteiger partial charge in [-0.05, 0) is 43.5 Å². The molecule has 0 atom stereocenters. The van der Waals surface area contributed by atoms with Gasteiger partial charge in [-0.3, -0.25) is 9.59 Å². The number of aromatic nitrogens is 2. The van der Waals surface area contributed by atoms with Crippen LogP contribution in [0.1, 0.15) is 30.9 Å². The molecular weight excluding hydrogens is 438 g/mol. The summed E-state index contributed by atoms with van der Waals surface area (Å²) < 4.78 is 1.38. The van der Waals surface area contributed by atoms with Crippen LogP contribution >= 0.6 is 34.9 Å². The standard InChI is InChI=1S/C20H25N5O2S3/c1-4-7-22-17(26)12-28-19-23-24-20(30-19)29-13-18(27)25(8-5-6-21)16-10-14(2)9-15(3)11-16/h9-11H,4-5,7-8,12-13H2,1-3H3,(H,22,26). The van der Waals surface area contributed by atoms with Crippen LogP contribution in [0.2, 0.25) is 0 Å². The molecule has 0 radical (unpaired) electrons. The number of thioether (sulfide) groups is 2. The second-order valence-corrected chi connectivity index (χ2v) is 9.98. The Morgan fingerprint density at radius 3 is 2.37 bits per heavy atom. The molecule has 0 unspecified atom stereocenters. The van der Waals surface area contributed by atoms with E-state index in [1.807, 2.05) is 39.0 Å². The first-order valence-electron chi connectivity index (χ1n) is 9.54. The van der Waals surface area contributed by atoms with Crippen LogP contribution in [-0.2, 0) is 9.59 Å². The highest BCUT2D eigenvalue weighted by atomic mass is 32.2. The van der Waals surface area contributed by atoms with E-state index >= 15 is 0 Å². The van der Waals surface area contributed by atoms with E-state index in [4.69, 9.17) is 5.26 Å². The van der Waals surface area contributed by atoms with E-state index < -0.39 is 0 Å². The van der Waals surface area contributed by atoms with E-state index in [1.165, 1.54) is 34.9 Å². The Morgan fingerprint density at radius 2 is 1.77 bits per heavy atom. The fourth-order valence-electron chi connectivity index (χ4n) is 2.62. The van der Waals surface area contributed by atoms with Gasteiger partial charge in [-0.2, -0.15) is 5.26 Å². The van der Waals surface area contributed by atoms with Gasteiger partial charge in [0.05, 0.1) is 24.0 Å². The molecule has 2 rings (SSSR count). The number of carbonyl (C=O) groups excluding carboxylic acids is 2. The van der Waals surface area contributed by atoms with Crippen LogP contribution in [-0.4, -0.2) is 46.6 Å². The Balaban J connectivity index is 1.94. The molecule has 2 aromatic rings. The van der Waals surface area contributed by atoms with E-state index in [1.54, 1.807) is 4.90 Å². The molecule has 1 aromatic carbocycles. The van der Waals surface area contributed by atoms with Crippen LogP contribution in [0.25, 0.3) is 0 Å². The number of nitrogens with zero attached hydrogens (tertiary/aromatic N) is 4. The summed E-state index contributed by atoms with van der Waals surface area (Å²) in [5.41, 5.74) is 2.95. The Bertz CT molecular complexity index is 890. The lowest BCUT2D eigenvalue weighted by Crippen LogP contribution is -2.33. The number of nitriles is 1. The number of hydrogen-bond acceptors (Lipinski definition) is 8. The van der Waals surface area contributed by atoms with Crippen molar-refractivity contribution in [2.75, 3.05) is 29.5 Å². The molecule has 7 nitrogen and oxygen atoms in total. The zero-order chi connectivity index (χ0) is 21.9. The van der Waals surface area contributed by atoms with Gasteiger partial charge in [-0.15, -0.1) is 10.2 Å².